The molecule has 0 unspecified atom stereocenters. The third-order valence-corrected chi connectivity index (χ3v) is 1.51. The standard InChI is InChI=1S/C6H10N2O3.Na/c9-5-3-7-1-2-8(5)4-6(10)11;/h7H,1-4H2,(H,10,11);/q;+1/p-1. The molecule has 1 heterocycles. The van der Waals surface area contributed by atoms with Gasteiger partial charge >= 0.3 is 29.6 Å². The molecule has 1 rings (SSSR count). The van der Waals surface area contributed by atoms with E-state index in [0.717, 1.165) is 0 Å². The largest absolute Gasteiger partial charge is 1.00 e. The summed E-state index contributed by atoms with van der Waals surface area (Å²) in [5, 5.41) is 12.9. The molecule has 0 aromatic carbocycles. The maximum atomic E-state index is 10.9. The van der Waals surface area contributed by atoms with Gasteiger partial charge in [-0.05, 0) is 0 Å². The van der Waals surface area contributed by atoms with E-state index >= 15 is 0 Å². The Bertz CT molecular complexity index is 186. The molecule has 0 atom stereocenters. The number of aliphatic carboxylic acids is 1. The van der Waals surface area contributed by atoms with Gasteiger partial charge in [0, 0.05) is 13.1 Å². The number of rotatable bonds is 2. The summed E-state index contributed by atoms with van der Waals surface area (Å²) in [6.45, 7) is 1.04. The van der Waals surface area contributed by atoms with Gasteiger partial charge in [0.15, 0.2) is 0 Å². The van der Waals surface area contributed by atoms with Gasteiger partial charge in [-0.3, -0.25) is 4.79 Å². The van der Waals surface area contributed by atoms with Crippen molar-refractivity contribution in [2.24, 2.45) is 0 Å². The molecule has 1 amide bonds. The maximum Gasteiger partial charge on any atom is 1.00 e. The summed E-state index contributed by atoms with van der Waals surface area (Å²) in [4.78, 5) is 22.3. The second-order valence-electron chi connectivity index (χ2n) is 2.36. The first-order valence-corrected chi connectivity index (χ1v) is 3.38. The number of nitrogens with one attached hydrogen (secondary N) is 1. The fourth-order valence-electron chi connectivity index (χ4n) is 0.969. The van der Waals surface area contributed by atoms with Gasteiger partial charge in [0.1, 0.15) is 0 Å². The molecule has 1 N–H and O–H groups in total. The number of amides is 1. The molecule has 6 heteroatoms. The van der Waals surface area contributed by atoms with E-state index in [1.165, 1.54) is 4.90 Å². The molecular weight excluding hydrogens is 171 g/mol. The summed E-state index contributed by atoms with van der Waals surface area (Å²) in [6.07, 6.45) is 0. The fourth-order valence-corrected chi connectivity index (χ4v) is 0.969. The summed E-state index contributed by atoms with van der Waals surface area (Å²) in [7, 11) is 0. The Labute approximate surface area is 92.4 Å². The van der Waals surface area contributed by atoms with Gasteiger partial charge in [0.2, 0.25) is 5.91 Å². The van der Waals surface area contributed by atoms with Gasteiger partial charge in [-0.1, -0.05) is 0 Å². The number of carboxylic acids is 1. The van der Waals surface area contributed by atoms with Crippen LogP contribution in [-0.4, -0.2) is 43.0 Å². The Morgan fingerprint density at radius 1 is 1.67 bits per heavy atom. The molecule has 0 spiro atoms. The number of hydrogen-bond acceptors (Lipinski definition) is 4. The molecule has 1 aliphatic heterocycles. The van der Waals surface area contributed by atoms with E-state index in [-0.39, 0.29) is 48.6 Å². The van der Waals surface area contributed by atoms with Gasteiger partial charge in [0.05, 0.1) is 19.1 Å². The molecule has 0 bridgehead atoms. The Morgan fingerprint density at radius 3 is 2.83 bits per heavy atom. The monoisotopic (exact) mass is 180 g/mol. The van der Waals surface area contributed by atoms with E-state index in [2.05, 4.69) is 5.32 Å². The topological polar surface area (TPSA) is 72.5 Å². The SMILES string of the molecule is O=C([O-])CN1CCNCC1=O.[Na+]. The van der Waals surface area contributed by atoms with Gasteiger partial charge in [-0.15, -0.1) is 0 Å². The minimum Gasteiger partial charge on any atom is -0.548 e. The molecule has 1 fully saturated rings. The molecule has 62 valence electrons. The first kappa shape index (κ1) is 11.9. The quantitative estimate of drug-likeness (QED) is 0.430. The van der Waals surface area contributed by atoms with Crippen molar-refractivity contribution >= 4 is 11.9 Å². The van der Waals surface area contributed by atoms with E-state index in [1.807, 2.05) is 0 Å². The normalized spacial score (nSPS) is 17.0. The summed E-state index contributed by atoms with van der Waals surface area (Å²) < 4.78 is 0. The number of carbonyl (C=O) groups is 2. The average Bonchev–Trinajstić information content (AvgIpc) is 1.93. The summed E-state index contributed by atoms with van der Waals surface area (Å²) in [5.41, 5.74) is 0. The number of nitrogens with zero attached hydrogens (tertiary/aromatic N) is 1. The van der Waals surface area contributed by atoms with Crippen molar-refractivity contribution < 1.29 is 44.3 Å². The van der Waals surface area contributed by atoms with Crippen molar-refractivity contribution in [2.45, 2.75) is 0 Å². The summed E-state index contributed by atoms with van der Waals surface area (Å²) in [5.74, 6) is -1.39. The van der Waals surface area contributed by atoms with Crippen molar-refractivity contribution in [3.63, 3.8) is 0 Å². The fraction of sp³-hybridized carbons (Fsp3) is 0.667. The average molecular weight is 180 g/mol. The molecule has 1 saturated heterocycles. The van der Waals surface area contributed by atoms with E-state index < -0.39 is 5.97 Å². The van der Waals surface area contributed by atoms with E-state index in [0.29, 0.717) is 13.1 Å². The van der Waals surface area contributed by atoms with Crippen LogP contribution in [0.3, 0.4) is 0 Å². The number of hydrogen-bond donors (Lipinski definition) is 1. The van der Waals surface area contributed by atoms with Crippen LogP contribution in [0.1, 0.15) is 0 Å². The smallest absolute Gasteiger partial charge is 0.548 e. The molecule has 0 aromatic rings. The Kier molecular flexibility index (Phi) is 5.48. The van der Waals surface area contributed by atoms with Crippen molar-refractivity contribution in [1.29, 1.82) is 0 Å². The van der Waals surface area contributed by atoms with Crippen LogP contribution in [0, 0.1) is 0 Å². The van der Waals surface area contributed by atoms with Gasteiger partial charge in [-0.2, -0.15) is 0 Å². The summed E-state index contributed by atoms with van der Waals surface area (Å²) in [6, 6.07) is 0. The molecule has 0 saturated carbocycles. The van der Waals surface area contributed by atoms with Crippen LogP contribution in [0.4, 0.5) is 0 Å². The van der Waals surface area contributed by atoms with Crippen molar-refractivity contribution in [3.05, 3.63) is 0 Å². The van der Waals surface area contributed by atoms with Crippen LogP contribution in [0.2, 0.25) is 0 Å². The third-order valence-electron chi connectivity index (χ3n) is 1.51. The van der Waals surface area contributed by atoms with Crippen LogP contribution in [-0.2, 0) is 9.59 Å². The minimum atomic E-state index is -1.21. The first-order chi connectivity index (χ1) is 5.20. The van der Waals surface area contributed by atoms with Crippen LogP contribution < -0.4 is 40.0 Å². The van der Waals surface area contributed by atoms with Gasteiger partial charge in [-0.25, -0.2) is 0 Å². The van der Waals surface area contributed by atoms with Gasteiger partial charge < -0.3 is 20.1 Å². The summed E-state index contributed by atoms with van der Waals surface area (Å²) >= 11 is 0. The van der Waals surface area contributed by atoms with Crippen LogP contribution in [0.25, 0.3) is 0 Å². The zero-order valence-corrected chi connectivity index (χ0v) is 9.00. The molecule has 1 aliphatic rings. The van der Waals surface area contributed by atoms with Crippen LogP contribution in [0.5, 0.6) is 0 Å². The maximum absolute atomic E-state index is 10.9. The van der Waals surface area contributed by atoms with Crippen LogP contribution >= 0.6 is 0 Å². The van der Waals surface area contributed by atoms with Crippen molar-refractivity contribution in [3.8, 4) is 0 Å². The van der Waals surface area contributed by atoms with Crippen LogP contribution in [0.15, 0.2) is 0 Å². The van der Waals surface area contributed by atoms with E-state index in [1.54, 1.807) is 0 Å². The predicted octanol–water partition coefficient (Wildman–Crippen LogP) is -5.83. The second kappa shape index (κ2) is 5.53. The number of piperazine rings is 1. The molecule has 0 radical (unpaired) electrons. The minimum absolute atomic E-state index is 0. The van der Waals surface area contributed by atoms with Crippen molar-refractivity contribution in [1.82, 2.24) is 10.2 Å². The zero-order valence-electron chi connectivity index (χ0n) is 7.00. The first-order valence-electron chi connectivity index (χ1n) is 3.38. The predicted molar refractivity (Wildman–Crippen MR) is 34.5 cm³/mol. The second-order valence-corrected chi connectivity index (χ2v) is 2.36. The zero-order chi connectivity index (χ0) is 8.27. The van der Waals surface area contributed by atoms with Crippen molar-refractivity contribution in [2.75, 3.05) is 26.2 Å². The molecular formula is C6H9N2NaO3. The Hall–Kier alpha value is -0.100. The number of carbonyl (C=O) groups excluding carboxylic acids is 2. The molecule has 5 nitrogen and oxygen atoms in total. The Balaban J connectivity index is 0.00000121. The van der Waals surface area contributed by atoms with E-state index in [4.69, 9.17) is 0 Å². The third kappa shape index (κ3) is 3.53. The molecule has 0 aromatic heterocycles. The Morgan fingerprint density at radius 2 is 2.33 bits per heavy atom. The number of carboxylic acid groups (broad SMARTS) is 1. The van der Waals surface area contributed by atoms with E-state index in [9.17, 15) is 14.7 Å². The molecule has 0 aliphatic carbocycles. The van der Waals surface area contributed by atoms with Gasteiger partial charge in [0.25, 0.3) is 0 Å². The molecule has 12 heavy (non-hydrogen) atoms.